The zero-order chi connectivity index (χ0) is 15.4. The van der Waals surface area contributed by atoms with E-state index in [1.807, 2.05) is 30.0 Å². The summed E-state index contributed by atoms with van der Waals surface area (Å²) in [5, 5.41) is 12.9. The van der Waals surface area contributed by atoms with Crippen LogP contribution in [0.3, 0.4) is 0 Å². The Labute approximate surface area is 132 Å². The number of oxime groups is 1. The average Bonchev–Trinajstić information content (AvgIpc) is 3.05. The maximum Gasteiger partial charge on any atom is 0.230 e. The van der Waals surface area contributed by atoms with Crippen molar-refractivity contribution >= 4 is 17.6 Å². The number of ether oxygens (including phenoxy) is 1. The van der Waals surface area contributed by atoms with Crippen molar-refractivity contribution in [2.24, 2.45) is 5.16 Å². The Morgan fingerprint density at radius 3 is 3.00 bits per heavy atom. The van der Waals surface area contributed by atoms with Crippen LogP contribution in [0.1, 0.15) is 11.3 Å². The van der Waals surface area contributed by atoms with Crippen LogP contribution in [0.25, 0.3) is 0 Å². The van der Waals surface area contributed by atoms with Crippen molar-refractivity contribution in [2.45, 2.75) is 6.92 Å². The van der Waals surface area contributed by atoms with Gasteiger partial charge in [-0.1, -0.05) is 5.16 Å². The molecule has 7 heteroatoms. The van der Waals surface area contributed by atoms with Gasteiger partial charge >= 0.3 is 0 Å². The molecule has 1 aliphatic heterocycles. The van der Waals surface area contributed by atoms with Crippen LogP contribution in [0.5, 0.6) is 11.6 Å². The van der Waals surface area contributed by atoms with E-state index in [0.717, 1.165) is 23.9 Å². The second kappa shape index (κ2) is 6.65. The van der Waals surface area contributed by atoms with E-state index >= 15 is 0 Å². The van der Waals surface area contributed by atoms with Gasteiger partial charge in [-0.2, -0.15) is 0 Å². The molecule has 1 N–H and O–H groups in total. The number of aromatic nitrogens is 2. The fourth-order valence-corrected chi connectivity index (χ4v) is 3.12. The van der Waals surface area contributed by atoms with Gasteiger partial charge in [-0.25, -0.2) is 4.98 Å². The first-order valence-electron chi connectivity index (χ1n) is 6.88. The molecule has 114 valence electrons. The Morgan fingerprint density at radius 1 is 1.41 bits per heavy atom. The summed E-state index contributed by atoms with van der Waals surface area (Å²) in [5.41, 5.74) is 1.50. The van der Waals surface area contributed by atoms with Crippen LogP contribution in [0.2, 0.25) is 0 Å². The van der Waals surface area contributed by atoms with Crippen molar-refractivity contribution < 1.29 is 9.94 Å². The lowest BCUT2D eigenvalue weighted by atomic mass is 10.2. The van der Waals surface area contributed by atoms with Crippen molar-refractivity contribution in [1.29, 1.82) is 0 Å². The number of nitrogens with zero attached hydrogens (tertiary/aromatic N) is 4. The highest BCUT2D eigenvalue weighted by Crippen LogP contribution is 2.26. The molecular formula is C15H16N4O2S. The van der Waals surface area contributed by atoms with Gasteiger partial charge in [-0.05, 0) is 31.2 Å². The average molecular weight is 316 g/mol. The van der Waals surface area contributed by atoms with E-state index in [-0.39, 0.29) is 0 Å². The summed E-state index contributed by atoms with van der Waals surface area (Å²) in [7, 11) is 0. The molecule has 0 atom stereocenters. The Bertz CT molecular complexity index is 672. The molecule has 1 fully saturated rings. The maximum atomic E-state index is 9.44. The summed E-state index contributed by atoms with van der Waals surface area (Å²) in [6, 6.07) is 7.34. The molecule has 2 aromatic rings. The van der Waals surface area contributed by atoms with Crippen LogP contribution >= 0.6 is 11.8 Å². The van der Waals surface area contributed by atoms with E-state index in [1.165, 1.54) is 0 Å². The largest absolute Gasteiger partial charge is 0.437 e. The third-order valence-corrected chi connectivity index (χ3v) is 4.20. The number of pyridine rings is 2. The maximum absolute atomic E-state index is 9.44. The highest BCUT2D eigenvalue weighted by Gasteiger charge is 2.23. The molecule has 3 heterocycles. The third-order valence-electron chi connectivity index (χ3n) is 3.24. The zero-order valence-corrected chi connectivity index (χ0v) is 13.0. The Balaban J connectivity index is 1.96. The van der Waals surface area contributed by atoms with Crippen LogP contribution in [-0.4, -0.2) is 44.1 Å². The molecule has 1 saturated heterocycles. The van der Waals surface area contributed by atoms with Gasteiger partial charge in [-0.15, -0.1) is 11.8 Å². The van der Waals surface area contributed by atoms with Gasteiger partial charge in [0.15, 0.2) is 5.84 Å². The predicted molar refractivity (Wildman–Crippen MR) is 85.6 cm³/mol. The highest BCUT2D eigenvalue weighted by atomic mass is 32.2. The second-order valence-corrected chi connectivity index (χ2v) is 5.90. The van der Waals surface area contributed by atoms with Gasteiger partial charge in [-0.3, -0.25) is 4.98 Å². The number of aryl methyl sites for hydroxylation is 1. The van der Waals surface area contributed by atoms with Gasteiger partial charge in [0.1, 0.15) is 5.75 Å². The van der Waals surface area contributed by atoms with E-state index in [9.17, 15) is 5.21 Å². The number of amidine groups is 1. The van der Waals surface area contributed by atoms with Crippen molar-refractivity contribution in [3.63, 3.8) is 0 Å². The van der Waals surface area contributed by atoms with Crippen molar-refractivity contribution in [2.75, 3.05) is 18.2 Å². The fourth-order valence-electron chi connectivity index (χ4n) is 2.17. The van der Waals surface area contributed by atoms with E-state index in [1.54, 1.807) is 30.2 Å². The number of rotatable bonds is 3. The second-order valence-electron chi connectivity index (χ2n) is 4.82. The normalized spacial score (nSPS) is 15.1. The standard InChI is InChI=1S/C15H16N4O2S/c1-11-4-5-13(14(18-20)19-7-8-22-10-19)15(17-11)21-12-3-2-6-16-9-12/h2-6,9,20H,7-8,10H2,1H3/b18-14-. The van der Waals surface area contributed by atoms with E-state index < -0.39 is 0 Å². The quantitative estimate of drug-likeness (QED) is 0.406. The lowest BCUT2D eigenvalue weighted by molar-refractivity contribution is 0.307. The van der Waals surface area contributed by atoms with Crippen molar-refractivity contribution in [3.05, 3.63) is 47.9 Å². The smallest absolute Gasteiger partial charge is 0.230 e. The first kappa shape index (κ1) is 14.6. The van der Waals surface area contributed by atoms with Gasteiger partial charge in [0.2, 0.25) is 5.88 Å². The highest BCUT2D eigenvalue weighted by molar-refractivity contribution is 7.99. The Kier molecular flexibility index (Phi) is 4.43. The molecule has 0 spiro atoms. The van der Waals surface area contributed by atoms with Crippen LogP contribution in [0, 0.1) is 6.92 Å². The summed E-state index contributed by atoms with van der Waals surface area (Å²) in [5.74, 6) is 3.29. The van der Waals surface area contributed by atoms with Crippen LogP contribution in [0.15, 0.2) is 41.8 Å². The first-order chi connectivity index (χ1) is 10.8. The van der Waals surface area contributed by atoms with Crippen LogP contribution in [0.4, 0.5) is 0 Å². The zero-order valence-electron chi connectivity index (χ0n) is 12.1. The summed E-state index contributed by atoms with van der Waals surface area (Å²) in [4.78, 5) is 10.5. The monoisotopic (exact) mass is 316 g/mol. The number of hydrogen-bond acceptors (Lipinski definition) is 6. The van der Waals surface area contributed by atoms with Crippen LogP contribution in [-0.2, 0) is 0 Å². The molecule has 2 aromatic heterocycles. The van der Waals surface area contributed by atoms with E-state index in [0.29, 0.717) is 23.0 Å². The minimum absolute atomic E-state index is 0.415. The summed E-state index contributed by atoms with van der Waals surface area (Å²) in [6.45, 7) is 2.73. The minimum Gasteiger partial charge on any atom is -0.437 e. The molecule has 6 nitrogen and oxygen atoms in total. The number of thioether (sulfide) groups is 1. The van der Waals surface area contributed by atoms with Gasteiger partial charge < -0.3 is 14.8 Å². The molecule has 0 amide bonds. The molecule has 0 aliphatic carbocycles. The fraction of sp³-hybridized carbons (Fsp3) is 0.267. The molecule has 0 unspecified atom stereocenters. The topological polar surface area (TPSA) is 70.8 Å². The predicted octanol–water partition coefficient (Wildman–Crippen LogP) is 2.72. The van der Waals surface area contributed by atoms with Gasteiger partial charge in [0.05, 0.1) is 17.6 Å². The van der Waals surface area contributed by atoms with E-state index in [4.69, 9.17) is 4.74 Å². The van der Waals surface area contributed by atoms with Crippen molar-refractivity contribution in [3.8, 4) is 11.6 Å². The minimum atomic E-state index is 0.415. The first-order valence-corrected chi connectivity index (χ1v) is 8.04. The molecule has 0 aromatic carbocycles. The SMILES string of the molecule is Cc1ccc(/C(=N/O)N2CCSC2)c(Oc2cccnc2)n1. The van der Waals surface area contributed by atoms with Gasteiger partial charge in [0, 0.05) is 24.2 Å². The van der Waals surface area contributed by atoms with Crippen LogP contribution < -0.4 is 4.74 Å². The molecule has 22 heavy (non-hydrogen) atoms. The molecule has 3 rings (SSSR count). The lowest BCUT2D eigenvalue weighted by Gasteiger charge is -2.19. The number of hydrogen-bond donors (Lipinski definition) is 1. The van der Waals surface area contributed by atoms with Crippen molar-refractivity contribution in [1.82, 2.24) is 14.9 Å². The lowest BCUT2D eigenvalue weighted by Crippen LogP contribution is -2.29. The molecule has 0 saturated carbocycles. The Hall–Kier alpha value is -2.28. The molecule has 0 bridgehead atoms. The summed E-state index contributed by atoms with van der Waals surface area (Å²) < 4.78 is 5.83. The molecule has 0 radical (unpaired) electrons. The van der Waals surface area contributed by atoms with E-state index in [2.05, 4.69) is 15.1 Å². The summed E-state index contributed by atoms with van der Waals surface area (Å²) >= 11 is 1.80. The third kappa shape index (κ3) is 3.14. The molecule has 1 aliphatic rings. The Morgan fingerprint density at radius 2 is 2.32 bits per heavy atom. The van der Waals surface area contributed by atoms with Gasteiger partial charge in [0.25, 0.3) is 0 Å². The summed E-state index contributed by atoms with van der Waals surface area (Å²) in [6.07, 6.45) is 3.30. The molecular weight excluding hydrogens is 300 g/mol.